The smallest absolute Gasteiger partial charge is 0.373 e. The second-order valence-corrected chi connectivity index (χ2v) is 1.95. The molecule has 0 spiro atoms. The third-order valence-electron chi connectivity index (χ3n) is 1.16. The van der Waals surface area contributed by atoms with Crippen LogP contribution in [0.1, 0.15) is 20.3 Å². The maximum Gasteiger partial charge on any atom is 0.373 e. The monoisotopic (exact) mass is 195 g/mol. The van der Waals surface area contributed by atoms with Crippen LogP contribution in [0.15, 0.2) is 11.5 Å². The zero-order chi connectivity index (χ0) is 8.85. The molecule has 0 saturated carbocycles. The number of halogens is 1. The number of hydrogen-bond acceptors (Lipinski definition) is 3. The van der Waals surface area contributed by atoms with Gasteiger partial charge in [-0.15, -0.1) is 12.4 Å². The van der Waals surface area contributed by atoms with Gasteiger partial charge in [0.05, 0.1) is 12.3 Å². The highest BCUT2D eigenvalue weighted by atomic mass is 35.5. The van der Waals surface area contributed by atoms with Crippen LogP contribution in [0.4, 0.5) is 0 Å². The van der Waals surface area contributed by atoms with Crippen molar-refractivity contribution in [3.63, 3.8) is 0 Å². The molecule has 0 aliphatic heterocycles. The zero-order valence-electron chi connectivity index (χ0n) is 7.16. The Morgan fingerprint density at radius 3 is 2.25 bits per heavy atom. The van der Waals surface area contributed by atoms with Crippen LogP contribution >= 0.6 is 12.4 Å². The minimum absolute atomic E-state index is 0. The number of aliphatic carboxylic acids is 1. The van der Waals surface area contributed by atoms with Gasteiger partial charge < -0.3 is 15.6 Å². The fourth-order valence-electron chi connectivity index (χ4n) is 0.597. The largest absolute Gasteiger partial charge is 0.486 e. The van der Waals surface area contributed by atoms with E-state index in [2.05, 4.69) is 0 Å². The van der Waals surface area contributed by atoms with Crippen molar-refractivity contribution in [1.82, 2.24) is 0 Å². The van der Waals surface area contributed by atoms with Gasteiger partial charge >= 0.3 is 5.97 Å². The molecular formula is C7H14ClNO3. The van der Waals surface area contributed by atoms with Gasteiger partial charge in [-0.3, -0.25) is 0 Å². The molecule has 0 aliphatic rings. The maximum absolute atomic E-state index is 10.4. The van der Waals surface area contributed by atoms with Crippen LogP contribution in [0.25, 0.3) is 0 Å². The molecule has 3 N–H and O–H groups in total. The molecule has 0 radical (unpaired) electrons. The van der Waals surface area contributed by atoms with Crippen molar-refractivity contribution in [3.8, 4) is 0 Å². The van der Waals surface area contributed by atoms with E-state index in [0.29, 0.717) is 13.0 Å². The second-order valence-electron chi connectivity index (χ2n) is 1.95. The summed E-state index contributed by atoms with van der Waals surface area (Å²) < 4.78 is 4.81. The molecule has 72 valence electrons. The zero-order valence-corrected chi connectivity index (χ0v) is 7.98. The Balaban J connectivity index is 0. The van der Waals surface area contributed by atoms with E-state index >= 15 is 0 Å². The van der Waals surface area contributed by atoms with Gasteiger partial charge in [-0.25, -0.2) is 4.79 Å². The lowest BCUT2D eigenvalue weighted by molar-refractivity contribution is -0.136. The van der Waals surface area contributed by atoms with Gasteiger partial charge in [0.25, 0.3) is 0 Å². The van der Waals surface area contributed by atoms with Crippen molar-refractivity contribution in [1.29, 1.82) is 0 Å². The summed E-state index contributed by atoms with van der Waals surface area (Å²) in [5.74, 6) is -1.23. The molecule has 5 heteroatoms. The normalized spacial score (nSPS) is 11.2. The Hall–Kier alpha value is -0.900. The van der Waals surface area contributed by atoms with E-state index in [0.717, 1.165) is 0 Å². The Labute approximate surface area is 77.8 Å². The molecule has 0 bridgehead atoms. The standard InChI is InChI=1S/C7H13NO3.ClH/c1-3-5(8)6(7(9)10)11-4-2;/h3-4,8H2,1-2H3,(H,9,10);1H. The van der Waals surface area contributed by atoms with Gasteiger partial charge in [-0.2, -0.15) is 0 Å². The minimum Gasteiger partial charge on any atom is -0.486 e. The van der Waals surface area contributed by atoms with Gasteiger partial charge in [0, 0.05) is 0 Å². The predicted molar refractivity (Wildman–Crippen MR) is 48.0 cm³/mol. The topological polar surface area (TPSA) is 72.5 Å². The van der Waals surface area contributed by atoms with Crippen molar-refractivity contribution in [2.75, 3.05) is 6.61 Å². The second kappa shape index (κ2) is 6.79. The van der Waals surface area contributed by atoms with Crippen LogP contribution in [0, 0.1) is 0 Å². The van der Waals surface area contributed by atoms with E-state index in [-0.39, 0.29) is 23.9 Å². The Morgan fingerprint density at radius 1 is 1.50 bits per heavy atom. The van der Waals surface area contributed by atoms with Crippen LogP contribution in [0.3, 0.4) is 0 Å². The summed E-state index contributed by atoms with van der Waals surface area (Å²) in [5.41, 5.74) is 5.66. The molecule has 0 aromatic heterocycles. The molecule has 0 fully saturated rings. The van der Waals surface area contributed by atoms with Crippen LogP contribution in [0.2, 0.25) is 0 Å². The highest BCUT2D eigenvalue weighted by Crippen LogP contribution is 2.04. The van der Waals surface area contributed by atoms with Crippen molar-refractivity contribution < 1.29 is 14.6 Å². The average Bonchev–Trinajstić information content (AvgIpc) is 1.98. The van der Waals surface area contributed by atoms with Gasteiger partial charge in [0.15, 0.2) is 0 Å². The number of carboxylic acids is 1. The molecule has 0 heterocycles. The van der Waals surface area contributed by atoms with Crippen LogP contribution in [-0.2, 0) is 9.53 Å². The molecule has 0 aromatic rings. The van der Waals surface area contributed by atoms with Gasteiger partial charge in [-0.05, 0) is 13.3 Å². The summed E-state index contributed by atoms with van der Waals surface area (Å²) in [6.45, 7) is 3.81. The first-order valence-electron chi connectivity index (χ1n) is 3.48. The number of carbonyl (C=O) groups is 1. The van der Waals surface area contributed by atoms with Crippen LogP contribution in [0.5, 0.6) is 0 Å². The first kappa shape index (κ1) is 13.7. The summed E-state index contributed by atoms with van der Waals surface area (Å²) in [4.78, 5) is 10.4. The third kappa shape index (κ3) is 4.08. The average molecular weight is 196 g/mol. The quantitative estimate of drug-likeness (QED) is 0.521. The minimum atomic E-state index is -1.11. The molecular weight excluding hydrogens is 182 g/mol. The maximum atomic E-state index is 10.4. The van der Waals surface area contributed by atoms with Crippen LogP contribution in [-0.4, -0.2) is 17.7 Å². The molecule has 0 aliphatic carbocycles. The van der Waals surface area contributed by atoms with E-state index in [1.54, 1.807) is 13.8 Å². The highest BCUT2D eigenvalue weighted by molar-refractivity contribution is 5.85. The number of nitrogens with two attached hydrogens (primary N) is 1. The van der Waals surface area contributed by atoms with Crippen LogP contribution < -0.4 is 5.73 Å². The summed E-state index contributed by atoms with van der Waals surface area (Å²) in [6, 6.07) is 0. The van der Waals surface area contributed by atoms with Crippen molar-refractivity contribution in [3.05, 3.63) is 11.5 Å². The van der Waals surface area contributed by atoms with E-state index in [4.69, 9.17) is 15.6 Å². The van der Waals surface area contributed by atoms with E-state index < -0.39 is 5.97 Å². The van der Waals surface area contributed by atoms with E-state index in [9.17, 15) is 4.79 Å². The molecule has 0 amide bonds. The molecule has 12 heavy (non-hydrogen) atoms. The number of hydrogen-bond donors (Lipinski definition) is 2. The number of carboxylic acid groups (broad SMARTS) is 1. The van der Waals surface area contributed by atoms with E-state index in [1.165, 1.54) is 0 Å². The summed E-state index contributed by atoms with van der Waals surface area (Å²) in [5, 5.41) is 8.54. The molecule has 4 nitrogen and oxygen atoms in total. The predicted octanol–water partition coefficient (Wildman–Crippen LogP) is 1.11. The summed E-state index contributed by atoms with van der Waals surface area (Å²) in [6.07, 6.45) is 0.488. The lowest BCUT2D eigenvalue weighted by Gasteiger charge is -2.05. The fraction of sp³-hybridized carbons (Fsp3) is 0.571. The Kier molecular flexibility index (Phi) is 7.73. The number of allylic oxidation sites excluding steroid dienone is 1. The SMILES string of the molecule is CCOC(C(=O)O)=C(N)CC.Cl. The Bertz CT molecular complexity index is 179. The highest BCUT2D eigenvalue weighted by Gasteiger charge is 2.11. The fourth-order valence-corrected chi connectivity index (χ4v) is 0.597. The van der Waals surface area contributed by atoms with Crippen molar-refractivity contribution >= 4 is 18.4 Å². The lowest BCUT2D eigenvalue weighted by Crippen LogP contribution is -2.12. The molecule has 0 atom stereocenters. The van der Waals surface area contributed by atoms with Crippen molar-refractivity contribution in [2.45, 2.75) is 20.3 Å². The molecule has 0 unspecified atom stereocenters. The van der Waals surface area contributed by atoms with Gasteiger partial charge in [-0.1, -0.05) is 6.92 Å². The number of ether oxygens (including phenoxy) is 1. The van der Waals surface area contributed by atoms with Crippen molar-refractivity contribution in [2.24, 2.45) is 5.73 Å². The molecule has 0 rings (SSSR count). The van der Waals surface area contributed by atoms with E-state index in [1.807, 2.05) is 0 Å². The lowest BCUT2D eigenvalue weighted by atomic mass is 10.3. The summed E-state index contributed by atoms with van der Waals surface area (Å²) in [7, 11) is 0. The number of rotatable bonds is 4. The first-order valence-corrected chi connectivity index (χ1v) is 3.48. The third-order valence-corrected chi connectivity index (χ3v) is 1.16. The molecule has 0 saturated heterocycles. The van der Waals surface area contributed by atoms with Gasteiger partial charge in [0.2, 0.25) is 5.76 Å². The molecule has 0 aromatic carbocycles. The summed E-state index contributed by atoms with van der Waals surface area (Å²) >= 11 is 0. The van der Waals surface area contributed by atoms with Gasteiger partial charge in [0.1, 0.15) is 0 Å². The first-order chi connectivity index (χ1) is 5.13. The Morgan fingerprint density at radius 2 is 2.00 bits per heavy atom.